The van der Waals surface area contributed by atoms with Crippen LogP contribution in [0.4, 0.5) is 5.69 Å². The van der Waals surface area contributed by atoms with Crippen LogP contribution in [-0.4, -0.2) is 54.2 Å². The first-order chi connectivity index (χ1) is 12.5. The van der Waals surface area contributed by atoms with Crippen LogP contribution in [0.25, 0.3) is 0 Å². The Balaban J connectivity index is 1.48. The Morgan fingerprint density at radius 1 is 1.08 bits per heavy atom. The summed E-state index contributed by atoms with van der Waals surface area (Å²) in [7, 11) is 0. The molecule has 1 atom stereocenters. The number of nitrogens with zero attached hydrogens (tertiary/aromatic N) is 1. The second-order valence-electron chi connectivity index (χ2n) is 6.95. The molecule has 0 saturated carbocycles. The molecule has 1 aromatic rings. The second kappa shape index (κ2) is 6.53. The molecular formula is C18H20N4O4. The molecule has 0 aromatic heterocycles. The lowest BCUT2D eigenvalue weighted by atomic mass is 9.99. The van der Waals surface area contributed by atoms with E-state index in [1.807, 2.05) is 0 Å². The van der Waals surface area contributed by atoms with E-state index < -0.39 is 23.8 Å². The van der Waals surface area contributed by atoms with Gasteiger partial charge in [0.25, 0.3) is 11.8 Å². The van der Waals surface area contributed by atoms with Crippen LogP contribution < -0.4 is 16.0 Å². The van der Waals surface area contributed by atoms with Gasteiger partial charge < -0.3 is 10.6 Å². The van der Waals surface area contributed by atoms with Crippen LogP contribution in [0, 0.1) is 5.92 Å². The number of carbonyl (C=O) groups is 4. The minimum atomic E-state index is -0.928. The monoisotopic (exact) mass is 356 g/mol. The van der Waals surface area contributed by atoms with E-state index in [1.165, 1.54) is 0 Å². The minimum absolute atomic E-state index is 0.118. The number of hydrogen-bond donors (Lipinski definition) is 3. The average molecular weight is 356 g/mol. The summed E-state index contributed by atoms with van der Waals surface area (Å²) in [5.74, 6) is -1.25. The maximum absolute atomic E-state index is 12.7. The van der Waals surface area contributed by atoms with Crippen molar-refractivity contribution in [3.63, 3.8) is 0 Å². The quantitative estimate of drug-likeness (QED) is 0.647. The molecule has 0 spiro atoms. The van der Waals surface area contributed by atoms with Crippen molar-refractivity contribution < 1.29 is 19.2 Å². The van der Waals surface area contributed by atoms with Crippen molar-refractivity contribution in [2.45, 2.75) is 25.3 Å². The molecule has 4 rings (SSSR count). The zero-order valence-corrected chi connectivity index (χ0v) is 14.2. The number of fused-ring (bicyclic) bond motifs is 1. The van der Waals surface area contributed by atoms with Crippen LogP contribution in [0.15, 0.2) is 18.2 Å². The highest BCUT2D eigenvalue weighted by Gasteiger charge is 2.44. The number of carbonyl (C=O) groups excluding carboxylic acids is 4. The Morgan fingerprint density at radius 2 is 1.85 bits per heavy atom. The number of amides is 4. The van der Waals surface area contributed by atoms with Crippen LogP contribution in [-0.2, 0) is 9.59 Å². The van der Waals surface area contributed by atoms with Gasteiger partial charge in [0.15, 0.2) is 0 Å². The van der Waals surface area contributed by atoms with Gasteiger partial charge in [0.1, 0.15) is 6.04 Å². The molecule has 1 aromatic carbocycles. The fourth-order valence-electron chi connectivity index (χ4n) is 3.55. The molecule has 3 heterocycles. The standard InChI is InChI=1S/C18H20N4O4/c23-15-4-3-14(16(24)21-15)22-17(25)12-2-1-11(7-13(12)18(22)26)20-6-5-10-8-19-9-10/h1-2,7,10,14,19-20H,3-6,8-9H2,(H,21,23,24). The van der Waals surface area contributed by atoms with Crippen LogP contribution in [0.5, 0.6) is 0 Å². The Morgan fingerprint density at radius 3 is 2.54 bits per heavy atom. The SMILES string of the molecule is O=C1CCC(N2C(=O)c3ccc(NCCC4CNC4)cc3C2=O)C(=O)N1. The normalized spacial score (nSPS) is 22.9. The van der Waals surface area contributed by atoms with Gasteiger partial charge in [-0.05, 0) is 50.0 Å². The molecule has 0 aliphatic carbocycles. The molecule has 1 unspecified atom stereocenters. The van der Waals surface area contributed by atoms with E-state index in [4.69, 9.17) is 0 Å². The van der Waals surface area contributed by atoms with Crippen LogP contribution >= 0.6 is 0 Å². The molecule has 3 aliphatic heterocycles. The first kappa shape index (κ1) is 16.7. The third-order valence-electron chi connectivity index (χ3n) is 5.19. The smallest absolute Gasteiger partial charge is 0.262 e. The van der Waals surface area contributed by atoms with Crippen LogP contribution in [0.3, 0.4) is 0 Å². The molecule has 8 heteroatoms. The number of benzene rings is 1. The number of piperidine rings is 1. The average Bonchev–Trinajstić information content (AvgIpc) is 2.81. The van der Waals surface area contributed by atoms with Crippen molar-refractivity contribution in [1.82, 2.24) is 15.5 Å². The maximum Gasteiger partial charge on any atom is 0.262 e. The third kappa shape index (κ3) is 2.86. The van der Waals surface area contributed by atoms with Crippen molar-refractivity contribution in [1.29, 1.82) is 0 Å². The molecule has 8 nitrogen and oxygen atoms in total. The molecular weight excluding hydrogens is 336 g/mol. The van der Waals surface area contributed by atoms with Gasteiger partial charge in [-0.1, -0.05) is 0 Å². The fourth-order valence-corrected chi connectivity index (χ4v) is 3.55. The Hall–Kier alpha value is -2.74. The molecule has 136 valence electrons. The third-order valence-corrected chi connectivity index (χ3v) is 5.19. The van der Waals surface area contributed by atoms with Crippen molar-refractivity contribution >= 4 is 29.3 Å². The lowest BCUT2D eigenvalue weighted by Crippen LogP contribution is -2.54. The van der Waals surface area contributed by atoms with Crippen molar-refractivity contribution in [3.8, 4) is 0 Å². The van der Waals surface area contributed by atoms with E-state index in [2.05, 4.69) is 16.0 Å². The maximum atomic E-state index is 12.7. The van der Waals surface area contributed by atoms with Gasteiger partial charge in [-0.3, -0.25) is 29.4 Å². The number of anilines is 1. The predicted octanol–water partition coefficient (Wildman–Crippen LogP) is 0.109. The first-order valence-electron chi connectivity index (χ1n) is 8.85. The number of hydrogen-bond acceptors (Lipinski definition) is 6. The highest BCUT2D eigenvalue weighted by atomic mass is 16.2. The highest BCUT2D eigenvalue weighted by molar-refractivity contribution is 6.23. The second-order valence-corrected chi connectivity index (χ2v) is 6.95. The number of imide groups is 2. The zero-order chi connectivity index (χ0) is 18.3. The number of nitrogens with one attached hydrogen (secondary N) is 3. The molecule has 3 aliphatic rings. The summed E-state index contributed by atoms with van der Waals surface area (Å²) in [5.41, 5.74) is 1.38. The topological polar surface area (TPSA) is 108 Å². The summed E-state index contributed by atoms with van der Waals surface area (Å²) in [5, 5.41) is 8.71. The van der Waals surface area contributed by atoms with E-state index in [9.17, 15) is 19.2 Å². The molecule has 4 amide bonds. The van der Waals surface area contributed by atoms with Gasteiger partial charge in [-0.25, -0.2) is 0 Å². The van der Waals surface area contributed by atoms with Gasteiger partial charge in [-0.15, -0.1) is 0 Å². The minimum Gasteiger partial charge on any atom is -0.385 e. The van der Waals surface area contributed by atoms with Crippen molar-refractivity contribution in [3.05, 3.63) is 29.3 Å². The van der Waals surface area contributed by atoms with E-state index in [1.54, 1.807) is 18.2 Å². The highest BCUT2D eigenvalue weighted by Crippen LogP contribution is 2.29. The molecule has 0 bridgehead atoms. The Labute approximate surface area is 150 Å². The van der Waals surface area contributed by atoms with Gasteiger partial charge in [0.2, 0.25) is 11.8 Å². The summed E-state index contributed by atoms with van der Waals surface area (Å²) >= 11 is 0. The van der Waals surface area contributed by atoms with Gasteiger partial charge in [0, 0.05) is 18.7 Å². The summed E-state index contributed by atoms with van der Waals surface area (Å²) in [6, 6.07) is 4.13. The lowest BCUT2D eigenvalue weighted by molar-refractivity contribution is -0.136. The van der Waals surface area contributed by atoms with E-state index in [0.29, 0.717) is 17.0 Å². The van der Waals surface area contributed by atoms with E-state index >= 15 is 0 Å². The largest absolute Gasteiger partial charge is 0.385 e. The first-order valence-corrected chi connectivity index (χ1v) is 8.85. The Kier molecular flexibility index (Phi) is 4.20. The van der Waals surface area contributed by atoms with Gasteiger partial charge in [-0.2, -0.15) is 0 Å². The van der Waals surface area contributed by atoms with Crippen LogP contribution in [0.1, 0.15) is 40.0 Å². The fraction of sp³-hybridized carbons (Fsp3) is 0.444. The molecule has 2 saturated heterocycles. The molecule has 26 heavy (non-hydrogen) atoms. The van der Waals surface area contributed by atoms with Gasteiger partial charge >= 0.3 is 0 Å². The predicted molar refractivity (Wildman–Crippen MR) is 92.6 cm³/mol. The lowest BCUT2D eigenvalue weighted by Gasteiger charge is -2.27. The van der Waals surface area contributed by atoms with E-state index in [-0.39, 0.29) is 18.7 Å². The molecule has 2 fully saturated rings. The van der Waals surface area contributed by atoms with Crippen molar-refractivity contribution in [2.24, 2.45) is 5.92 Å². The summed E-state index contributed by atoms with van der Waals surface area (Å²) in [6.07, 6.45) is 1.32. The van der Waals surface area contributed by atoms with Crippen LogP contribution in [0.2, 0.25) is 0 Å². The summed E-state index contributed by atoms with van der Waals surface area (Å²) in [6.45, 7) is 2.88. The molecule has 3 N–H and O–H groups in total. The summed E-state index contributed by atoms with van der Waals surface area (Å²) in [4.78, 5) is 49.7. The van der Waals surface area contributed by atoms with Gasteiger partial charge in [0.05, 0.1) is 11.1 Å². The summed E-state index contributed by atoms with van der Waals surface area (Å²) < 4.78 is 0. The Bertz CT molecular complexity index is 802. The van der Waals surface area contributed by atoms with Crippen molar-refractivity contribution in [2.75, 3.05) is 25.0 Å². The van der Waals surface area contributed by atoms with E-state index in [0.717, 1.165) is 36.6 Å². The number of rotatable bonds is 5. The zero-order valence-electron chi connectivity index (χ0n) is 14.2. The molecule has 0 radical (unpaired) electrons.